The summed E-state index contributed by atoms with van der Waals surface area (Å²) in [4.78, 5) is 34.0. The molecule has 0 spiro atoms. The summed E-state index contributed by atoms with van der Waals surface area (Å²) < 4.78 is 6.35. The van der Waals surface area contributed by atoms with Crippen LogP contribution < -0.4 is 5.76 Å². The normalized spacial score (nSPS) is 10.8. The van der Waals surface area contributed by atoms with Gasteiger partial charge in [0.15, 0.2) is 5.58 Å². The summed E-state index contributed by atoms with van der Waals surface area (Å²) in [5.74, 6) is -2.81. The lowest BCUT2D eigenvalue weighted by molar-refractivity contribution is 0.0686. The van der Waals surface area contributed by atoms with Crippen molar-refractivity contribution in [1.82, 2.24) is 4.57 Å². The second-order valence-electron chi connectivity index (χ2n) is 4.95. The highest BCUT2D eigenvalue weighted by molar-refractivity contribution is 5.92. The summed E-state index contributed by atoms with van der Waals surface area (Å²) in [6, 6.07) is 10.3. The van der Waals surface area contributed by atoms with Crippen molar-refractivity contribution in [3.05, 3.63) is 69.7 Å². The largest absolute Gasteiger partial charge is 0.478 e. The molecule has 0 saturated carbocycles. The van der Waals surface area contributed by atoms with Gasteiger partial charge in [-0.25, -0.2) is 14.4 Å². The van der Waals surface area contributed by atoms with Gasteiger partial charge in [-0.1, -0.05) is 12.1 Å². The number of rotatable bonds is 4. The fraction of sp³-hybridized carbons (Fsp3) is 0.0625. The van der Waals surface area contributed by atoms with E-state index in [-0.39, 0.29) is 23.3 Å². The van der Waals surface area contributed by atoms with Gasteiger partial charge in [-0.15, -0.1) is 0 Å². The first-order valence-electron chi connectivity index (χ1n) is 6.64. The number of hydrogen-bond acceptors (Lipinski definition) is 4. The highest BCUT2D eigenvalue weighted by Crippen LogP contribution is 2.17. The Morgan fingerprint density at radius 3 is 2.39 bits per heavy atom. The van der Waals surface area contributed by atoms with Crippen molar-refractivity contribution in [3.63, 3.8) is 0 Å². The number of hydrogen-bond donors (Lipinski definition) is 2. The quantitative estimate of drug-likeness (QED) is 0.762. The minimum Gasteiger partial charge on any atom is -0.478 e. The number of aromatic carboxylic acids is 2. The Labute approximate surface area is 129 Å². The molecule has 0 bridgehead atoms. The molecule has 0 unspecified atom stereocenters. The second-order valence-corrected chi connectivity index (χ2v) is 4.95. The minimum atomic E-state index is -1.11. The van der Waals surface area contributed by atoms with Crippen molar-refractivity contribution in [2.75, 3.05) is 0 Å². The Bertz CT molecular complexity index is 982. The zero-order valence-corrected chi connectivity index (χ0v) is 11.7. The van der Waals surface area contributed by atoms with Crippen molar-refractivity contribution in [1.29, 1.82) is 0 Å². The molecule has 23 heavy (non-hydrogen) atoms. The van der Waals surface area contributed by atoms with Crippen LogP contribution in [0.15, 0.2) is 51.7 Å². The molecule has 2 N–H and O–H groups in total. The molecule has 0 fully saturated rings. The van der Waals surface area contributed by atoms with Gasteiger partial charge in [0.05, 0.1) is 23.2 Å². The number of aromatic nitrogens is 1. The Balaban J connectivity index is 2.09. The Morgan fingerprint density at radius 2 is 1.70 bits per heavy atom. The average Bonchev–Trinajstić information content (AvgIpc) is 2.83. The zero-order valence-electron chi connectivity index (χ0n) is 11.7. The van der Waals surface area contributed by atoms with E-state index in [9.17, 15) is 14.4 Å². The van der Waals surface area contributed by atoms with E-state index in [0.29, 0.717) is 11.1 Å². The summed E-state index contributed by atoms with van der Waals surface area (Å²) in [5, 5.41) is 18.1. The van der Waals surface area contributed by atoms with Crippen LogP contribution in [-0.2, 0) is 6.54 Å². The molecule has 3 rings (SSSR count). The third kappa shape index (κ3) is 2.71. The van der Waals surface area contributed by atoms with Crippen molar-refractivity contribution in [2.45, 2.75) is 6.54 Å². The SMILES string of the molecule is O=C(O)c1cccc(Cn2c(=O)oc3ccc(C(=O)O)cc32)c1. The van der Waals surface area contributed by atoms with Crippen LogP contribution in [-0.4, -0.2) is 26.7 Å². The standard InChI is InChI=1S/C16H11NO6/c18-14(19)10-3-1-2-9(6-10)8-17-12-7-11(15(20)21)4-5-13(12)23-16(17)22/h1-7H,8H2,(H,18,19)(H,20,21). The Hall–Kier alpha value is -3.35. The first-order valence-corrected chi connectivity index (χ1v) is 6.64. The van der Waals surface area contributed by atoms with Crippen LogP contribution in [0.1, 0.15) is 26.3 Å². The van der Waals surface area contributed by atoms with E-state index in [1.165, 1.54) is 34.9 Å². The van der Waals surface area contributed by atoms with E-state index in [4.69, 9.17) is 14.6 Å². The topological polar surface area (TPSA) is 110 Å². The molecule has 0 amide bonds. The van der Waals surface area contributed by atoms with E-state index in [1.807, 2.05) is 0 Å². The van der Waals surface area contributed by atoms with Gasteiger partial charge < -0.3 is 14.6 Å². The van der Waals surface area contributed by atoms with Crippen LogP contribution in [0.25, 0.3) is 11.1 Å². The lowest BCUT2D eigenvalue weighted by Crippen LogP contribution is -2.15. The molecule has 0 saturated heterocycles. The third-order valence-corrected chi connectivity index (χ3v) is 3.43. The van der Waals surface area contributed by atoms with Gasteiger partial charge in [0, 0.05) is 0 Å². The van der Waals surface area contributed by atoms with Crippen molar-refractivity contribution >= 4 is 23.0 Å². The molecular formula is C16H11NO6. The Morgan fingerprint density at radius 1 is 1.00 bits per heavy atom. The predicted octanol–water partition coefficient (Wildman–Crippen LogP) is 2.04. The average molecular weight is 313 g/mol. The summed E-state index contributed by atoms with van der Waals surface area (Å²) in [5.41, 5.74) is 1.35. The molecule has 7 nitrogen and oxygen atoms in total. The van der Waals surface area contributed by atoms with Crippen LogP contribution >= 0.6 is 0 Å². The van der Waals surface area contributed by atoms with Gasteiger partial charge in [0.1, 0.15) is 0 Å². The second kappa shape index (κ2) is 5.45. The molecular weight excluding hydrogens is 302 g/mol. The number of fused-ring (bicyclic) bond motifs is 1. The molecule has 7 heteroatoms. The molecule has 0 radical (unpaired) electrons. The van der Waals surface area contributed by atoms with Crippen LogP contribution in [0.2, 0.25) is 0 Å². The highest BCUT2D eigenvalue weighted by atomic mass is 16.4. The number of benzene rings is 2. The maximum atomic E-state index is 12.0. The highest BCUT2D eigenvalue weighted by Gasteiger charge is 2.13. The molecule has 3 aromatic rings. The molecule has 0 aliphatic carbocycles. The lowest BCUT2D eigenvalue weighted by atomic mass is 10.1. The van der Waals surface area contributed by atoms with Crippen LogP contribution in [0.4, 0.5) is 0 Å². The lowest BCUT2D eigenvalue weighted by Gasteiger charge is -2.04. The summed E-state index contributed by atoms with van der Waals surface area (Å²) >= 11 is 0. The van der Waals surface area contributed by atoms with Crippen LogP contribution in [0.3, 0.4) is 0 Å². The molecule has 0 atom stereocenters. The van der Waals surface area contributed by atoms with E-state index in [0.717, 1.165) is 0 Å². The van der Waals surface area contributed by atoms with Crippen molar-refractivity contribution in [2.24, 2.45) is 0 Å². The van der Waals surface area contributed by atoms with Gasteiger partial charge in [0.2, 0.25) is 0 Å². The van der Waals surface area contributed by atoms with Crippen molar-refractivity contribution < 1.29 is 24.2 Å². The number of oxazole rings is 1. The molecule has 2 aromatic carbocycles. The monoisotopic (exact) mass is 313 g/mol. The number of carboxylic acid groups (broad SMARTS) is 2. The van der Waals surface area contributed by atoms with Crippen LogP contribution in [0, 0.1) is 0 Å². The van der Waals surface area contributed by atoms with Crippen molar-refractivity contribution in [3.8, 4) is 0 Å². The van der Waals surface area contributed by atoms with Gasteiger partial charge in [0.25, 0.3) is 0 Å². The molecule has 116 valence electrons. The minimum absolute atomic E-state index is 0.0336. The maximum absolute atomic E-state index is 12.0. The zero-order chi connectivity index (χ0) is 16.6. The number of carbonyl (C=O) groups is 2. The molecule has 0 aliphatic rings. The summed E-state index contributed by atoms with van der Waals surface area (Å²) in [6.45, 7) is 0.0794. The van der Waals surface area contributed by atoms with Gasteiger partial charge in [-0.05, 0) is 35.9 Å². The molecule has 1 aromatic heterocycles. The van der Waals surface area contributed by atoms with E-state index < -0.39 is 17.7 Å². The summed E-state index contributed by atoms with van der Waals surface area (Å²) in [6.07, 6.45) is 0. The predicted molar refractivity (Wildman–Crippen MR) is 79.9 cm³/mol. The first-order chi connectivity index (χ1) is 11.0. The number of carboxylic acids is 2. The Kier molecular flexibility index (Phi) is 3.46. The number of nitrogens with zero attached hydrogens (tertiary/aromatic N) is 1. The summed E-state index contributed by atoms with van der Waals surface area (Å²) in [7, 11) is 0. The van der Waals surface area contributed by atoms with Gasteiger partial charge >= 0.3 is 17.7 Å². The van der Waals surface area contributed by atoms with Gasteiger partial charge in [-0.2, -0.15) is 0 Å². The van der Waals surface area contributed by atoms with E-state index in [1.54, 1.807) is 12.1 Å². The van der Waals surface area contributed by atoms with E-state index >= 15 is 0 Å². The van der Waals surface area contributed by atoms with Gasteiger partial charge in [-0.3, -0.25) is 4.57 Å². The maximum Gasteiger partial charge on any atom is 0.420 e. The third-order valence-electron chi connectivity index (χ3n) is 3.43. The molecule has 1 heterocycles. The van der Waals surface area contributed by atoms with E-state index in [2.05, 4.69) is 0 Å². The molecule has 0 aliphatic heterocycles. The fourth-order valence-electron chi connectivity index (χ4n) is 2.33. The fourth-order valence-corrected chi connectivity index (χ4v) is 2.33. The van der Waals surface area contributed by atoms with Crippen LogP contribution in [0.5, 0.6) is 0 Å². The smallest absolute Gasteiger partial charge is 0.420 e. The first kappa shape index (κ1) is 14.6.